The van der Waals surface area contributed by atoms with Crippen molar-refractivity contribution in [1.29, 1.82) is 0 Å². The number of hydrogen-bond acceptors (Lipinski definition) is 1. The van der Waals surface area contributed by atoms with Crippen LogP contribution in [0.2, 0.25) is 0 Å². The number of rotatable bonds is 1. The van der Waals surface area contributed by atoms with Gasteiger partial charge < -0.3 is 0 Å². The molecule has 1 aromatic carbocycles. The number of anilines is 1. The molecule has 0 unspecified atom stereocenters. The van der Waals surface area contributed by atoms with Gasteiger partial charge in [-0.05, 0) is 0 Å². The topological polar surface area (TPSA) is 26.0 Å². The Bertz CT molecular complexity index is 181. The third kappa shape index (κ3) is 1.86. The summed E-state index contributed by atoms with van der Waals surface area (Å²) in [5.74, 6) is 0. The molecule has 1 rings (SSSR count). The van der Waals surface area contributed by atoms with E-state index in [1.165, 1.54) is 3.57 Å². The Morgan fingerprint density at radius 2 is 1.78 bits per heavy atom. The molecule has 50 valence electrons. The molecule has 0 amide bonds. The molecule has 0 aliphatic rings. The van der Waals surface area contributed by atoms with Crippen molar-refractivity contribution in [2.24, 2.45) is 0 Å². The van der Waals surface area contributed by atoms with Gasteiger partial charge >= 0.3 is 65.4 Å². The van der Waals surface area contributed by atoms with E-state index in [9.17, 15) is 0 Å². The van der Waals surface area contributed by atoms with Gasteiger partial charge in [0.25, 0.3) is 0 Å². The van der Waals surface area contributed by atoms with Gasteiger partial charge in [0.2, 0.25) is 0 Å². The molecule has 0 radical (unpaired) electrons. The van der Waals surface area contributed by atoms with Crippen LogP contribution in [0.4, 0.5) is 5.69 Å². The first kappa shape index (κ1) is 6.86. The second-order valence-electron chi connectivity index (χ2n) is 1.74. The van der Waals surface area contributed by atoms with Crippen LogP contribution >= 0.6 is 0 Å². The van der Waals surface area contributed by atoms with E-state index >= 15 is 0 Å². The summed E-state index contributed by atoms with van der Waals surface area (Å²) < 4.78 is 1.45. The summed E-state index contributed by atoms with van der Waals surface area (Å²) in [6.07, 6.45) is 0. The van der Waals surface area contributed by atoms with Crippen molar-refractivity contribution < 1.29 is 21.2 Å². The zero-order valence-corrected chi connectivity index (χ0v) is 7.42. The van der Waals surface area contributed by atoms with Crippen LogP contribution < -0.4 is 26.9 Å². The van der Waals surface area contributed by atoms with Gasteiger partial charge in [0, 0.05) is 0 Å². The van der Waals surface area contributed by atoms with Crippen LogP contribution in [0.15, 0.2) is 24.3 Å². The summed E-state index contributed by atoms with van der Waals surface area (Å²) in [5, 5.41) is 0. The number of nitrogens with two attached hydrogens (primary N) is 1. The van der Waals surface area contributed by atoms with Crippen LogP contribution in [0.1, 0.15) is 0 Å². The summed E-state index contributed by atoms with van der Waals surface area (Å²) in [6.45, 7) is 0. The van der Waals surface area contributed by atoms with Gasteiger partial charge in [-0.2, -0.15) is 0 Å². The quantitative estimate of drug-likeness (QED) is 0.345. The average molecular weight is 234 g/mol. The fourth-order valence-corrected chi connectivity index (χ4v) is 1.67. The van der Waals surface area contributed by atoms with E-state index in [4.69, 9.17) is 5.73 Å². The molecule has 2 heteroatoms. The molecule has 9 heavy (non-hydrogen) atoms. The summed E-state index contributed by atoms with van der Waals surface area (Å²) >= 11 is 0.241. The molecule has 0 atom stereocenters. The molecule has 0 saturated heterocycles. The van der Waals surface area contributed by atoms with Crippen LogP contribution in [0, 0.1) is 3.57 Å². The van der Waals surface area contributed by atoms with Gasteiger partial charge in [0.05, 0.1) is 0 Å². The molecule has 0 aliphatic carbocycles. The SMILES string of the molecule is C[I-]c1ccc(N)cc1. The average Bonchev–Trinajstić information content (AvgIpc) is 1.90. The summed E-state index contributed by atoms with van der Waals surface area (Å²) in [6, 6.07) is 8.11. The molecule has 0 saturated carbocycles. The maximum atomic E-state index is 5.49. The molecule has 0 spiro atoms. The van der Waals surface area contributed by atoms with Crippen LogP contribution in [-0.2, 0) is 0 Å². The van der Waals surface area contributed by atoms with E-state index in [2.05, 4.69) is 17.1 Å². The third-order valence-corrected chi connectivity index (χ3v) is 3.05. The number of benzene rings is 1. The molecular formula is C7H9IN-. The molecule has 1 aromatic rings. The predicted octanol–water partition coefficient (Wildman–Crippen LogP) is -1.84. The first-order chi connectivity index (χ1) is 4.33. The van der Waals surface area contributed by atoms with Crippen LogP contribution in [0.3, 0.4) is 0 Å². The normalized spacial score (nSPS) is 9.89. The van der Waals surface area contributed by atoms with Gasteiger partial charge in [-0.3, -0.25) is 0 Å². The van der Waals surface area contributed by atoms with Gasteiger partial charge in [-0.1, -0.05) is 0 Å². The van der Waals surface area contributed by atoms with Crippen molar-refractivity contribution in [2.75, 3.05) is 10.7 Å². The Kier molecular flexibility index (Phi) is 2.33. The monoisotopic (exact) mass is 234 g/mol. The van der Waals surface area contributed by atoms with E-state index in [-0.39, 0.29) is 21.2 Å². The summed E-state index contributed by atoms with van der Waals surface area (Å²) in [5.41, 5.74) is 6.35. The molecule has 0 aliphatic heterocycles. The Balaban J connectivity index is 2.88. The summed E-state index contributed by atoms with van der Waals surface area (Å²) in [7, 11) is 0. The number of nitrogen functional groups attached to an aromatic ring is 1. The molecule has 2 N–H and O–H groups in total. The van der Waals surface area contributed by atoms with Crippen molar-refractivity contribution in [3.63, 3.8) is 0 Å². The third-order valence-electron chi connectivity index (χ3n) is 1.09. The number of hydrogen-bond donors (Lipinski definition) is 1. The fraction of sp³-hybridized carbons (Fsp3) is 0.143. The van der Waals surface area contributed by atoms with Gasteiger partial charge in [0.15, 0.2) is 0 Å². The van der Waals surface area contributed by atoms with Gasteiger partial charge in [0.1, 0.15) is 0 Å². The zero-order valence-electron chi connectivity index (χ0n) is 5.26. The minimum absolute atomic E-state index is 0.241. The first-order valence-electron chi connectivity index (χ1n) is 2.68. The number of halogens is 1. The first-order valence-corrected chi connectivity index (χ1v) is 5.91. The van der Waals surface area contributed by atoms with Crippen LogP contribution in [-0.4, -0.2) is 4.93 Å². The number of alkyl halides is 1. The van der Waals surface area contributed by atoms with Crippen LogP contribution in [0.25, 0.3) is 0 Å². The molecule has 0 heterocycles. The van der Waals surface area contributed by atoms with E-state index in [1.54, 1.807) is 0 Å². The zero-order chi connectivity index (χ0) is 6.69. The van der Waals surface area contributed by atoms with Gasteiger partial charge in [-0.15, -0.1) is 0 Å². The molecule has 0 fully saturated rings. The molecule has 1 nitrogen and oxygen atoms in total. The van der Waals surface area contributed by atoms with Crippen molar-refractivity contribution in [3.05, 3.63) is 27.8 Å². The van der Waals surface area contributed by atoms with E-state index in [1.807, 2.05) is 12.1 Å². The standard InChI is InChI=1S/C7H9IN/c1-8-6-2-4-7(9)5-3-6/h2-5H,9H2,1H3/q-1. The Hall–Kier alpha value is -0.250. The van der Waals surface area contributed by atoms with E-state index < -0.39 is 0 Å². The van der Waals surface area contributed by atoms with Crippen LogP contribution in [0.5, 0.6) is 0 Å². The summed E-state index contributed by atoms with van der Waals surface area (Å²) in [4.78, 5) is 2.24. The Morgan fingerprint density at radius 3 is 2.22 bits per heavy atom. The van der Waals surface area contributed by atoms with Gasteiger partial charge in [-0.25, -0.2) is 0 Å². The maximum absolute atomic E-state index is 5.49. The van der Waals surface area contributed by atoms with Crippen molar-refractivity contribution in [2.45, 2.75) is 0 Å². The van der Waals surface area contributed by atoms with E-state index in [0.29, 0.717) is 0 Å². The van der Waals surface area contributed by atoms with Crippen molar-refractivity contribution in [3.8, 4) is 0 Å². The Labute approximate surface area is 65.5 Å². The molecular weight excluding hydrogens is 225 g/mol. The second kappa shape index (κ2) is 3.06. The fourth-order valence-electron chi connectivity index (χ4n) is 0.589. The molecule has 0 bridgehead atoms. The van der Waals surface area contributed by atoms with Crippen molar-refractivity contribution in [1.82, 2.24) is 0 Å². The predicted molar refractivity (Wildman–Crippen MR) is 35.5 cm³/mol. The second-order valence-corrected chi connectivity index (χ2v) is 4.06. The van der Waals surface area contributed by atoms with Crippen molar-refractivity contribution >= 4 is 5.69 Å². The minimum atomic E-state index is 0.241. The van der Waals surface area contributed by atoms with E-state index in [0.717, 1.165) is 5.69 Å². The molecule has 0 aromatic heterocycles. The Morgan fingerprint density at radius 1 is 1.22 bits per heavy atom.